The van der Waals surface area contributed by atoms with Crippen LogP contribution in [0.4, 0.5) is 13.2 Å². The minimum absolute atomic E-state index is 0.230. The number of ketones is 1. The van der Waals surface area contributed by atoms with E-state index >= 15 is 0 Å². The Hall–Kier alpha value is -3.60. The molecule has 1 aliphatic rings. The van der Waals surface area contributed by atoms with Crippen LogP contribution in [0.25, 0.3) is 0 Å². The molecule has 39 heavy (non-hydrogen) atoms. The second kappa shape index (κ2) is 12.5. The highest BCUT2D eigenvalue weighted by Crippen LogP contribution is 2.41. The summed E-state index contributed by atoms with van der Waals surface area (Å²) in [4.78, 5) is 50.6. The van der Waals surface area contributed by atoms with Crippen molar-refractivity contribution < 1.29 is 37.1 Å². The first kappa shape index (κ1) is 29.9. The number of alkyl halides is 3. The van der Waals surface area contributed by atoms with Gasteiger partial charge in [-0.2, -0.15) is 13.2 Å². The maximum atomic E-state index is 13.4. The van der Waals surface area contributed by atoms with Gasteiger partial charge in [-0.15, -0.1) is 0 Å². The topological polar surface area (TPSA) is 114 Å². The number of carbonyl (C=O) groups excluding carboxylic acids is 4. The molecule has 0 heterocycles. The van der Waals surface area contributed by atoms with Gasteiger partial charge in [0.25, 0.3) is 5.78 Å². The molecule has 2 aromatic rings. The smallest absolute Gasteiger partial charge is 0.451 e. The van der Waals surface area contributed by atoms with Gasteiger partial charge in [0, 0.05) is 5.02 Å². The molecule has 0 spiro atoms. The fraction of sp³-hybridized carbons (Fsp3) is 0.407. The van der Waals surface area contributed by atoms with Crippen molar-refractivity contribution in [2.45, 2.75) is 56.3 Å². The number of Topliss-reactive ketones (excluding diaryl/α,β-unsaturated/α-hetero) is 1. The van der Waals surface area contributed by atoms with Crippen molar-refractivity contribution in [1.82, 2.24) is 16.0 Å². The van der Waals surface area contributed by atoms with Gasteiger partial charge < -0.3 is 20.7 Å². The number of carbonyl (C=O) groups is 4. The average Bonchev–Trinajstić information content (AvgIpc) is 3.41. The van der Waals surface area contributed by atoms with Crippen molar-refractivity contribution in [3.8, 4) is 5.75 Å². The van der Waals surface area contributed by atoms with E-state index < -0.39 is 47.8 Å². The van der Waals surface area contributed by atoms with E-state index in [0.717, 1.165) is 18.4 Å². The minimum Gasteiger partial charge on any atom is -0.497 e. The quantitative estimate of drug-likeness (QED) is 0.404. The van der Waals surface area contributed by atoms with Gasteiger partial charge in [-0.1, -0.05) is 48.7 Å². The van der Waals surface area contributed by atoms with E-state index in [4.69, 9.17) is 16.3 Å². The summed E-state index contributed by atoms with van der Waals surface area (Å²) in [5.74, 6) is -3.82. The molecule has 3 rings (SSSR count). The average molecular weight is 568 g/mol. The third-order valence-electron chi connectivity index (χ3n) is 6.77. The molecule has 0 bridgehead atoms. The summed E-state index contributed by atoms with van der Waals surface area (Å²) in [6.45, 7) is 0.147. The normalized spacial score (nSPS) is 16.1. The van der Waals surface area contributed by atoms with Gasteiger partial charge in [0.2, 0.25) is 17.7 Å². The molecule has 1 unspecified atom stereocenters. The third-order valence-corrected chi connectivity index (χ3v) is 7.02. The van der Waals surface area contributed by atoms with Crippen LogP contribution in [0.15, 0.2) is 48.5 Å². The lowest BCUT2D eigenvalue weighted by Crippen LogP contribution is -2.53. The fourth-order valence-corrected chi connectivity index (χ4v) is 4.65. The first-order valence-electron chi connectivity index (χ1n) is 12.3. The van der Waals surface area contributed by atoms with E-state index in [1.54, 1.807) is 24.3 Å². The van der Waals surface area contributed by atoms with Gasteiger partial charge >= 0.3 is 6.18 Å². The molecule has 3 N–H and O–H groups in total. The number of methoxy groups -OCH3 is 1. The molecule has 210 valence electrons. The number of nitrogens with one attached hydrogen (secondary N) is 3. The summed E-state index contributed by atoms with van der Waals surface area (Å²) in [5, 5.41) is 7.65. The molecule has 1 fully saturated rings. The molecular formula is C27H29ClF3N3O5. The fourth-order valence-electron chi connectivity index (χ4n) is 4.53. The molecule has 1 saturated carbocycles. The molecular weight excluding hydrogens is 539 g/mol. The van der Waals surface area contributed by atoms with Gasteiger partial charge in [0.05, 0.1) is 19.1 Å². The van der Waals surface area contributed by atoms with E-state index in [1.807, 2.05) is 5.32 Å². The zero-order valence-corrected chi connectivity index (χ0v) is 22.1. The summed E-state index contributed by atoms with van der Waals surface area (Å²) in [6, 6.07) is 10.3. The first-order chi connectivity index (χ1) is 18.4. The predicted molar refractivity (Wildman–Crippen MR) is 137 cm³/mol. The second-order valence-corrected chi connectivity index (χ2v) is 9.78. The maximum Gasteiger partial charge on any atom is 0.451 e. The number of hydrogen-bond acceptors (Lipinski definition) is 5. The Morgan fingerprint density at radius 2 is 1.54 bits per heavy atom. The predicted octanol–water partition coefficient (Wildman–Crippen LogP) is 3.77. The highest BCUT2D eigenvalue weighted by atomic mass is 35.5. The lowest BCUT2D eigenvalue weighted by molar-refractivity contribution is -0.170. The largest absolute Gasteiger partial charge is 0.497 e. The molecule has 0 radical (unpaired) electrons. The Morgan fingerprint density at radius 1 is 0.949 bits per heavy atom. The van der Waals surface area contributed by atoms with E-state index in [-0.39, 0.29) is 11.5 Å². The molecule has 12 heteroatoms. The van der Waals surface area contributed by atoms with E-state index in [0.29, 0.717) is 23.6 Å². The van der Waals surface area contributed by atoms with E-state index in [1.165, 1.54) is 38.3 Å². The lowest BCUT2D eigenvalue weighted by atomic mass is 9.78. The lowest BCUT2D eigenvalue weighted by Gasteiger charge is -2.30. The molecule has 0 aliphatic heterocycles. The number of hydrogen-bond donors (Lipinski definition) is 3. The summed E-state index contributed by atoms with van der Waals surface area (Å²) < 4.78 is 42.9. The summed E-state index contributed by atoms with van der Waals surface area (Å²) in [7, 11) is 1.43. The summed E-state index contributed by atoms with van der Waals surface area (Å²) >= 11 is 6.01. The van der Waals surface area contributed by atoms with Crippen molar-refractivity contribution in [3.63, 3.8) is 0 Å². The van der Waals surface area contributed by atoms with Crippen LogP contribution in [0.5, 0.6) is 5.75 Å². The Morgan fingerprint density at radius 3 is 2.08 bits per heavy atom. The molecule has 0 saturated heterocycles. The molecule has 2 atom stereocenters. The van der Waals surface area contributed by atoms with E-state index in [9.17, 15) is 32.3 Å². The zero-order valence-electron chi connectivity index (χ0n) is 21.4. The van der Waals surface area contributed by atoms with Gasteiger partial charge in [-0.05, 0) is 55.2 Å². The van der Waals surface area contributed by atoms with Crippen molar-refractivity contribution in [3.05, 3.63) is 64.7 Å². The van der Waals surface area contributed by atoms with Gasteiger partial charge in [0.15, 0.2) is 0 Å². The van der Waals surface area contributed by atoms with Crippen LogP contribution in [0.3, 0.4) is 0 Å². The number of amides is 3. The van der Waals surface area contributed by atoms with Crippen LogP contribution in [-0.2, 0) is 24.6 Å². The maximum absolute atomic E-state index is 13.4. The standard InChI is InChI=1S/C27H29ClF3N3O5/c1-16(33-25(38)26(13-3-4-14-26)18-7-9-19(28)10-8-18)23(36)34-22(17-5-11-20(39-2)12-6-17)24(37)32-15-21(35)27(29,30)31/h5-12,16,22H,3-4,13-15H2,1-2H3,(H,32,37)(H,33,38)(H,34,36)/t16-,22?/m0/s1. The second-order valence-electron chi connectivity index (χ2n) is 9.34. The molecule has 0 aromatic heterocycles. The highest BCUT2D eigenvalue weighted by molar-refractivity contribution is 6.30. The van der Waals surface area contributed by atoms with Crippen LogP contribution in [0.1, 0.15) is 49.8 Å². The SMILES string of the molecule is COc1ccc(C(NC(=O)[C@H](C)NC(=O)C2(c3ccc(Cl)cc3)CCCC2)C(=O)NCC(=O)C(F)(F)F)cc1. The number of halogens is 4. The van der Waals surface area contributed by atoms with Crippen molar-refractivity contribution >= 4 is 35.1 Å². The monoisotopic (exact) mass is 567 g/mol. The summed E-state index contributed by atoms with van der Waals surface area (Å²) in [5.41, 5.74) is 0.163. The minimum atomic E-state index is -5.12. The van der Waals surface area contributed by atoms with Gasteiger partial charge in [-0.25, -0.2) is 0 Å². The van der Waals surface area contributed by atoms with Crippen LogP contribution in [0, 0.1) is 0 Å². The molecule has 2 aromatic carbocycles. The highest BCUT2D eigenvalue weighted by Gasteiger charge is 2.43. The number of ether oxygens (including phenoxy) is 1. The van der Waals surface area contributed by atoms with Gasteiger partial charge in [-0.3, -0.25) is 19.2 Å². The summed E-state index contributed by atoms with van der Waals surface area (Å²) in [6.07, 6.45) is -2.30. The Labute approximate surface area is 228 Å². The Bertz CT molecular complexity index is 1200. The number of benzene rings is 2. The van der Waals surface area contributed by atoms with Gasteiger partial charge in [0.1, 0.15) is 17.8 Å². The zero-order chi connectivity index (χ0) is 28.8. The third kappa shape index (κ3) is 7.29. The van der Waals surface area contributed by atoms with Crippen LogP contribution in [-0.4, -0.2) is 49.4 Å². The van der Waals surface area contributed by atoms with Crippen LogP contribution in [0.2, 0.25) is 5.02 Å². The Kier molecular flexibility index (Phi) is 9.60. The Balaban J connectivity index is 1.76. The molecule has 3 amide bonds. The van der Waals surface area contributed by atoms with Crippen LogP contribution < -0.4 is 20.7 Å². The van der Waals surface area contributed by atoms with Crippen molar-refractivity contribution in [1.29, 1.82) is 0 Å². The van der Waals surface area contributed by atoms with E-state index in [2.05, 4.69) is 10.6 Å². The molecule has 1 aliphatic carbocycles. The van der Waals surface area contributed by atoms with Crippen molar-refractivity contribution in [2.75, 3.05) is 13.7 Å². The van der Waals surface area contributed by atoms with Crippen molar-refractivity contribution in [2.24, 2.45) is 0 Å². The van der Waals surface area contributed by atoms with Crippen LogP contribution >= 0.6 is 11.6 Å². The molecule has 8 nitrogen and oxygen atoms in total. The first-order valence-corrected chi connectivity index (χ1v) is 12.6. The number of rotatable bonds is 10.